The predicted octanol–water partition coefficient (Wildman–Crippen LogP) is 3.95. The molecule has 1 saturated heterocycles. The van der Waals surface area contributed by atoms with Crippen LogP contribution < -0.4 is 5.73 Å². The van der Waals surface area contributed by atoms with E-state index in [0.29, 0.717) is 11.0 Å². The molecule has 1 aliphatic rings. The third kappa shape index (κ3) is 4.89. The Bertz CT molecular complexity index is 993. The minimum Gasteiger partial charge on any atom is -0.375 e. The van der Waals surface area contributed by atoms with E-state index in [2.05, 4.69) is 45.1 Å². The Kier molecular flexibility index (Phi) is 6.46. The van der Waals surface area contributed by atoms with Crippen LogP contribution in [0.2, 0.25) is 0 Å². The van der Waals surface area contributed by atoms with Crippen molar-refractivity contribution in [1.29, 1.82) is 0 Å². The molecular formula is C24H30N4OS. The van der Waals surface area contributed by atoms with E-state index in [4.69, 9.17) is 5.73 Å². The van der Waals surface area contributed by atoms with Gasteiger partial charge in [-0.1, -0.05) is 41.7 Å². The topological polar surface area (TPSA) is 62.5 Å². The van der Waals surface area contributed by atoms with Crippen LogP contribution in [0.5, 0.6) is 0 Å². The van der Waals surface area contributed by atoms with Gasteiger partial charge in [-0.25, -0.2) is 4.98 Å². The number of hydrogen-bond donors (Lipinski definition) is 1. The molecule has 0 amide bonds. The van der Waals surface area contributed by atoms with E-state index in [1.807, 2.05) is 32.3 Å². The molecule has 2 N–H and O–H groups in total. The molecule has 0 radical (unpaired) electrons. The van der Waals surface area contributed by atoms with Gasteiger partial charge in [-0.15, -0.1) is 0 Å². The lowest BCUT2D eigenvalue weighted by Gasteiger charge is -2.38. The Morgan fingerprint density at radius 2 is 1.93 bits per heavy atom. The first-order valence-corrected chi connectivity index (χ1v) is 11.4. The first-order chi connectivity index (χ1) is 14.5. The van der Waals surface area contributed by atoms with Gasteiger partial charge >= 0.3 is 0 Å². The number of anilines is 1. The standard InChI is InChI=1S/C24H30N4OS/c1-27(2)16-21(23(29)19-8-9-20-22(15-19)30-24(25)26-20)28-12-10-18(11-13-28)14-17-6-4-3-5-7-17/h3-9,15,18,21H,10-14,16H2,1-2H3,(H2,25,26). The van der Waals surface area contributed by atoms with Crippen molar-refractivity contribution in [3.63, 3.8) is 0 Å². The molecule has 0 saturated carbocycles. The molecule has 0 bridgehead atoms. The van der Waals surface area contributed by atoms with E-state index >= 15 is 0 Å². The van der Waals surface area contributed by atoms with Crippen molar-refractivity contribution < 1.29 is 4.79 Å². The van der Waals surface area contributed by atoms with Crippen LogP contribution in [0.3, 0.4) is 0 Å². The molecule has 1 fully saturated rings. The van der Waals surface area contributed by atoms with E-state index in [0.717, 1.165) is 54.7 Å². The molecule has 30 heavy (non-hydrogen) atoms. The van der Waals surface area contributed by atoms with E-state index in [1.165, 1.54) is 16.9 Å². The average molecular weight is 423 g/mol. The van der Waals surface area contributed by atoms with Gasteiger partial charge in [-0.2, -0.15) is 0 Å². The summed E-state index contributed by atoms with van der Waals surface area (Å²) in [5.41, 5.74) is 8.86. The Hall–Kier alpha value is -2.28. The second-order valence-corrected chi connectivity index (χ2v) is 9.61. The molecule has 3 aromatic rings. The SMILES string of the molecule is CN(C)CC(C(=O)c1ccc2nc(N)sc2c1)N1CCC(Cc2ccccc2)CC1. The number of benzene rings is 2. The zero-order chi connectivity index (χ0) is 21.1. The molecule has 0 aliphatic carbocycles. The van der Waals surface area contributed by atoms with Crippen LogP contribution >= 0.6 is 11.3 Å². The summed E-state index contributed by atoms with van der Waals surface area (Å²) < 4.78 is 0.975. The number of carbonyl (C=O) groups excluding carboxylic acids is 1. The lowest BCUT2D eigenvalue weighted by Crippen LogP contribution is -2.50. The molecule has 2 aromatic carbocycles. The van der Waals surface area contributed by atoms with Crippen LogP contribution in [0.25, 0.3) is 10.2 Å². The molecule has 1 aromatic heterocycles. The molecule has 5 nitrogen and oxygen atoms in total. The zero-order valence-corrected chi connectivity index (χ0v) is 18.6. The quantitative estimate of drug-likeness (QED) is 0.584. The molecule has 4 rings (SSSR count). The fraction of sp³-hybridized carbons (Fsp3) is 0.417. The molecular weight excluding hydrogens is 392 g/mol. The number of carbonyl (C=O) groups is 1. The van der Waals surface area contributed by atoms with Gasteiger partial charge in [-0.3, -0.25) is 9.69 Å². The molecule has 1 aliphatic heterocycles. The molecule has 6 heteroatoms. The van der Waals surface area contributed by atoms with Gasteiger partial charge < -0.3 is 10.6 Å². The third-order valence-corrected chi connectivity index (χ3v) is 6.83. The van der Waals surface area contributed by atoms with Gasteiger partial charge in [0, 0.05) is 12.1 Å². The summed E-state index contributed by atoms with van der Waals surface area (Å²) >= 11 is 1.44. The lowest BCUT2D eigenvalue weighted by atomic mass is 9.89. The lowest BCUT2D eigenvalue weighted by molar-refractivity contribution is 0.0686. The van der Waals surface area contributed by atoms with Crippen LogP contribution in [0.15, 0.2) is 48.5 Å². The summed E-state index contributed by atoms with van der Waals surface area (Å²) in [5, 5.41) is 0.542. The number of Topliss-reactive ketones (excluding diaryl/α,β-unsaturated/α-hetero) is 1. The van der Waals surface area contributed by atoms with Gasteiger partial charge in [0.05, 0.1) is 16.3 Å². The van der Waals surface area contributed by atoms with Crippen molar-refractivity contribution in [1.82, 2.24) is 14.8 Å². The number of likely N-dealkylation sites (tertiary alicyclic amines) is 1. The Balaban J connectivity index is 1.46. The maximum Gasteiger partial charge on any atom is 0.181 e. The van der Waals surface area contributed by atoms with E-state index in [9.17, 15) is 4.79 Å². The van der Waals surface area contributed by atoms with Crippen LogP contribution in [0.4, 0.5) is 5.13 Å². The largest absolute Gasteiger partial charge is 0.375 e. The van der Waals surface area contributed by atoms with E-state index in [1.54, 1.807) is 0 Å². The van der Waals surface area contributed by atoms with Crippen molar-refractivity contribution in [2.75, 3.05) is 39.5 Å². The first kappa shape index (κ1) is 21.0. The summed E-state index contributed by atoms with van der Waals surface area (Å²) in [5.74, 6) is 0.884. The second kappa shape index (κ2) is 9.25. The Morgan fingerprint density at radius 1 is 1.20 bits per heavy atom. The molecule has 1 atom stereocenters. The van der Waals surface area contributed by atoms with Gasteiger partial charge in [0.1, 0.15) is 0 Å². The van der Waals surface area contributed by atoms with Gasteiger partial charge in [-0.05, 0) is 76.1 Å². The van der Waals surface area contributed by atoms with Gasteiger partial charge in [0.15, 0.2) is 10.9 Å². The number of nitrogens with two attached hydrogens (primary N) is 1. The first-order valence-electron chi connectivity index (χ1n) is 10.6. The summed E-state index contributed by atoms with van der Waals surface area (Å²) in [7, 11) is 4.07. The number of likely N-dealkylation sites (N-methyl/N-ethyl adjacent to an activating group) is 1. The minimum absolute atomic E-state index is 0.125. The summed E-state index contributed by atoms with van der Waals surface area (Å²) in [4.78, 5) is 22.3. The number of ketones is 1. The highest BCUT2D eigenvalue weighted by Crippen LogP contribution is 2.27. The number of fused-ring (bicyclic) bond motifs is 1. The Morgan fingerprint density at radius 3 is 2.63 bits per heavy atom. The highest BCUT2D eigenvalue weighted by molar-refractivity contribution is 7.22. The summed E-state index contributed by atoms with van der Waals surface area (Å²) in [6.07, 6.45) is 3.40. The van der Waals surface area contributed by atoms with E-state index < -0.39 is 0 Å². The van der Waals surface area contributed by atoms with Crippen LogP contribution in [-0.4, -0.2) is 60.3 Å². The molecule has 1 unspecified atom stereocenters. The predicted molar refractivity (Wildman–Crippen MR) is 125 cm³/mol. The molecule has 0 spiro atoms. The van der Waals surface area contributed by atoms with Crippen molar-refractivity contribution in [3.8, 4) is 0 Å². The smallest absolute Gasteiger partial charge is 0.181 e. The molecule has 2 heterocycles. The third-order valence-electron chi connectivity index (χ3n) is 5.99. The van der Waals surface area contributed by atoms with Crippen molar-refractivity contribution >= 4 is 32.5 Å². The summed E-state index contributed by atoms with van der Waals surface area (Å²) in [6, 6.07) is 16.4. The molecule has 158 valence electrons. The van der Waals surface area contributed by atoms with Crippen LogP contribution in [0, 0.1) is 5.92 Å². The fourth-order valence-corrected chi connectivity index (χ4v) is 5.19. The van der Waals surface area contributed by atoms with Gasteiger partial charge in [0.2, 0.25) is 0 Å². The highest BCUT2D eigenvalue weighted by Gasteiger charge is 2.31. The number of hydrogen-bond acceptors (Lipinski definition) is 6. The maximum atomic E-state index is 13.5. The second-order valence-electron chi connectivity index (χ2n) is 8.55. The number of thiazole rings is 1. The van der Waals surface area contributed by atoms with Crippen LogP contribution in [0.1, 0.15) is 28.8 Å². The number of nitrogen functional groups attached to an aromatic ring is 1. The summed E-state index contributed by atoms with van der Waals surface area (Å²) in [6.45, 7) is 2.67. The van der Waals surface area contributed by atoms with Crippen molar-refractivity contribution in [3.05, 3.63) is 59.7 Å². The van der Waals surface area contributed by atoms with Crippen LogP contribution in [-0.2, 0) is 6.42 Å². The van der Waals surface area contributed by atoms with Crippen molar-refractivity contribution in [2.45, 2.75) is 25.3 Å². The highest BCUT2D eigenvalue weighted by atomic mass is 32.1. The van der Waals surface area contributed by atoms with E-state index in [-0.39, 0.29) is 11.8 Å². The fourth-order valence-electron chi connectivity index (χ4n) is 4.41. The number of nitrogens with zero attached hydrogens (tertiary/aromatic N) is 3. The number of rotatable bonds is 7. The van der Waals surface area contributed by atoms with Gasteiger partial charge in [0.25, 0.3) is 0 Å². The Labute approximate surface area is 182 Å². The number of aromatic nitrogens is 1. The zero-order valence-electron chi connectivity index (χ0n) is 17.8. The minimum atomic E-state index is -0.125. The normalized spacial score (nSPS) is 16.9. The monoisotopic (exact) mass is 422 g/mol. The average Bonchev–Trinajstić information content (AvgIpc) is 3.12. The maximum absolute atomic E-state index is 13.5. The number of piperidine rings is 1. The van der Waals surface area contributed by atoms with Crippen molar-refractivity contribution in [2.24, 2.45) is 5.92 Å².